The highest BCUT2D eigenvalue weighted by atomic mass is 35.5. The van der Waals surface area contributed by atoms with Crippen molar-refractivity contribution in [3.05, 3.63) is 82.1 Å². The molecule has 2 atom stereocenters. The molecular weight excluding hydrogens is 627 g/mol. The van der Waals surface area contributed by atoms with Gasteiger partial charge in [-0.15, -0.1) is 0 Å². The van der Waals surface area contributed by atoms with Crippen LogP contribution in [0.5, 0.6) is 5.75 Å². The smallest absolute Gasteiger partial charge is 0.411 e. The number of carbonyl (C=O) groups excluding carboxylic acids is 3. The molecule has 240 valence electrons. The summed E-state index contributed by atoms with van der Waals surface area (Å²) >= 11 is 6.25. The number of ether oxygens (including phenoxy) is 2. The first kappa shape index (κ1) is 33.5. The van der Waals surface area contributed by atoms with Crippen LogP contribution in [0.2, 0.25) is 5.02 Å². The fraction of sp³-hybridized carbons (Fsp3) is 0.323. The van der Waals surface area contributed by atoms with E-state index in [1.165, 1.54) is 61.6 Å². The van der Waals surface area contributed by atoms with Crippen molar-refractivity contribution in [1.29, 1.82) is 0 Å². The fourth-order valence-electron chi connectivity index (χ4n) is 5.18. The molecule has 1 saturated heterocycles. The van der Waals surface area contributed by atoms with Crippen molar-refractivity contribution in [3.8, 4) is 5.75 Å². The topological polar surface area (TPSA) is 157 Å². The predicted molar refractivity (Wildman–Crippen MR) is 168 cm³/mol. The van der Waals surface area contributed by atoms with E-state index in [1.54, 1.807) is 19.9 Å². The highest BCUT2D eigenvalue weighted by molar-refractivity contribution is 7.92. The third kappa shape index (κ3) is 7.15. The molecule has 45 heavy (non-hydrogen) atoms. The van der Waals surface area contributed by atoms with Crippen molar-refractivity contribution in [3.63, 3.8) is 0 Å². The van der Waals surface area contributed by atoms with Gasteiger partial charge < -0.3 is 25.4 Å². The second-order valence-corrected chi connectivity index (χ2v) is 13.6. The fourth-order valence-corrected chi connectivity index (χ4v) is 6.66. The number of methoxy groups -OCH3 is 2. The quantitative estimate of drug-likeness (QED) is 0.259. The van der Waals surface area contributed by atoms with E-state index in [1.807, 2.05) is 0 Å². The molecule has 4 rings (SSSR count). The number of nitrogens with one attached hydrogen (secondary N) is 2. The molecule has 0 bridgehead atoms. The highest BCUT2D eigenvalue weighted by Crippen LogP contribution is 2.40. The molecule has 4 N–H and O–H groups in total. The summed E-state index contributed by atoms with van der Waals surface area (Å²) in [6.07, 6.45) is 0.200. The molecule has 0 spiro atoms. The van der Waals surface area contributed by atoms with Crippen molar-refractivity contribution in [2.24, 2.45) is 5.73 Å². The van der Waals surface area contributed by atoms with Crippen LogP contribution in [0, 0.1) is 5.82 Å². The SMILES string of the molecule is COC(=O)Nc1ccc(S(=O)(=O)C(C)C)c([C@H]2CCCN2C(=O)[C@@H](Nc2cc(C(N)=O)ccc2F)c2ccc(Cl)c(OC)c2)c1. The van der Waals surface area contributed by atoms with Crippen LogP contribution < -0.4 is 21.1 Å². The van der Waals surface area contributed by atoms with E-state index in [0.29, 0.717) is 24.0 Å². The number of hydrogen-bond donors (Lipinski definition) is 3. The number of anilines is 2. The van der Waals surface area contributed by atoms with Gasteiger partial charge in [0.1, 0.15) is 17.6 Å². The number of rotatable bonds is 10. The first-order valence-corrected chi connectivity index (χ1v) is 15.9. The molecule has 0 saturated carbocycles. The predicted octanol–water partition coefficient (Wildman–Crippen LogP) is 5.46. The lowest BCUT2D eigenvalue weighted by Gasteiger charge is -2.32. The van der Waals surface area contributed by atoms with Crippen LogP contribution >= 0.6 is 11.6 Å². The first-order valence-electron chi connectivity index (χ1n) is 14.0. The van der Waals surface area contributed by atoms with Crippen LogP contribution in [-0.2, 0) is 19.4 Å². The number of primary amides is 1. The maximum Gasteiger partial charge on any atom is 0.411 e. The van der Waals surface area contributed by atoms with Gasteiger partial charge in [-0.25, -0.2) is 17.6 Å². The van der Waals surface area contributed by atoms with E-state index in [-0.39, 0.29) is 39.2 Å². The van der Waals surface area contributed by atoms with E-state index in [0.717, 1.165) is 6.07 Å². The van der Waals surface area contributed by atoms with Gasteiger partial charge in [0.15, 0.2) is 9.84 Å². The molecule has 0 aromatic heterocycles. The molecule has 0 radical (unpaired) electrons. The number of carbonyl (C=O) groups is 3. The summed E-state index contributed by atoms with van der Waals surface area (Å²) in [5.74, 6) is -1.76. The summed E-state index contributed by atoms with van der Waals surface area (Å²) < 4.78 is 52.0. The molecule has 1 heterocycles. The van der Waals surface area contributed by atoms with Crippen LogP contribution in [0.15, 0.2) is 59.5 Å². The number of benzene rings is 3. The lowest BCUT2D eigenvalue weighted by Crippen LogP contribution is -2.38. The molecule has 3 aromatic carbocycles. The van der Waals surface area contributed by atoms with E-state index in [2.05, 4.69) is 10.6 Å². The first-order chi connectivity index (χ1) is 21.3. The van der Waals surface area contributed by atoms with Gasteiger partial charge in [0.25, 0.3) is 0 Å². The Morgan fingerprint density at radius 3 is 2.44 bits per heavy atom. The summed E-state index contributed by atoms with van der Waals surface area (Å²) in [5.41, 5.74) is 6.25. The molecule has 1 fully saturated rings. The average Bonchev–Trinajstić information content (AvgIpc) is 3.50. The molecule has 1 aliphatic rings. The van der Waals surface area contributed by atoms with E-state index in [4.69, 9.17) is 26.8 Å². The number of likely N-dealkylation sites (tertiary alicyclic amines) is 1. The van der Waals surface area contributed by atoms with E-state index >= 15 is 4.39 Å². The molecule has 1 aliphatic heterocycles. The number of halogens is 2. The zero-order valence-electron chi connectivity index (χ0n) is 25.1. The standard InChI is InChI=1S/C31H34ClFN4O7S/c1-17(2)45(41,42)27-12-9-20(35-31(40)44-4)16-21(27)25-6-5-13-37(25)30(39)28(18-7-10-22(32)26(15-18)43-3)36-24-14-19(29(34)38)8-11-23(24)33/h7-12,14-17,25,28,36H,5-6,13H2,1-4H3,(H2,34,38)(H,35,40)/t25-,28+/m1/s1. The Kier molecular flexibility index (Phi) is 10.2. The molecule has 3 aromatic rings. The van der Waals surface area contributed by atoms with Crippen LogP contribution in [0.3, 0.4) is 0 Å². The maximum atomic E-state index is 15.0. The Hall–Kier alpha value is -4.36. The molecule has 11 nitrogen and oxygen atoms in total. The van der Waals surface area contributed by atoms with Crippen molar-refractivity contribution >= 4 is 50.7 Å². The van der Waals surface area contributed by atoms with Gasteiger partial charge in [-0.3, -0.25) is 14.9 Å². The van der Waals surface area contributed by atoms with Crippen LogP contribution in [0.25, 0.3) is 0 Å². The minimum absolute atomic E-state index is 0.0236. The Morgan fingerprint density at radius 1 is 1.07 bits per heavy atom. The zero-order valence-corrected chi connectivity index (χ0v) is 26.7. The normalized spacial score (nSPS) is 15.4. The van der Waals surface area contributed by atoms with Gasteiger partial charge in [-0.1, -0.05) is 17.7 Å². The van der Waals surface area contributed by atoms with Crippen LogP contribution in [0.1, 0.15) is 60.3 Å². The molecule has 3 amide bonds. The second kappa shape index (κ2) is 13.7. The minimum atomic E-state index is -3.82. The van der Waals surface area contributed by atoms with Crippen LogP contribution in [0.4, 0.5) is 20.6 Å². The van der Waals surface area contributed by atoms with Gasteiger partial charge in [0, 0.05) is 17.8 Å². The lowest BCUT2D eigenvalue weighted by atomic mass is 10.0. The summed E-state index contributed by atoms with van der Waals surface area (Å²) in [4.78, 5) is 39.8. The van der Waals surface area contributed by atoms with Crippen molar-refractivity contribution in [2.75, 3.05) is 31.4 Å². The Labute approximate surface area is 265 Å². The summed E-state index contributed by atoms with van der Waals surface area (Å²) in [6.45, 7) is 3.37. The van der Waals surface area contributed by atoms with Crippen molar-refractivity contribution < 1.29 is 36.7 Å². The van der Waals surface area contributed by atoms with Gasteiger partial charge in [0.05, 0.1) is 41.1 Å². The monoisotopic (exact) mass is 660 g/mol. The number of nitrogens with two attached hydrogens (primary N) is 1. The zero-order chi connectivity index (χ0) is 33.1. The summed E-state index contributed by atoms with van der Waals surface area (Å²) in [6, 6.07) is 10.6. The third-order valence-corrected chi connectivity index (χ3v) is 10.1. The van der Waals surface area contributed by atoms with Crippen molar-refractivity contribution in [1.82, 2.24) is 4.90 Å². The Balaban J connectivity index is 1.84. The maximum absolute atomic E-state index is 15.0. The largest absolute Gasteiger partial charge is 0.495 e. The summed E-state index contributed by atoms with van der Waals surface area (Å²) in [7, 11) is -1.21. The number of amides is 3. The van der Waals surface area contributed by atoms with Crippen molar-refractivity contribution in [2.45, 2.75) is 48.9 Å². The molecule has 14 heteroatoms. The highest BCUT2D eigenvalue weighted by Gasteiger charge is 2.38. The van der Waals surface area contributed by atoms with E-state index < -0.39 is 50.9 Å². The Morgan fingerprint density at radius 2 is 1.80 bits per heavy atom. The second-order valence-electron chi connectivity index (χ2n) is 10.7. The van der Waals surface area contributed by atoms with Gasteiger partial charge >= 0.3 is 6.09 Å². The summed E-state index contributed by atoms with van der Waals surface area (Å²) in [5, 5.41) is 4.99. The average molecular weight is 661 g/mol. The van der Waals surface area contributed by atoms with Gasteiger partial charge in [0.2, 0.25) is 11.8 Å². The van der Waals surface area contributed by atoms with Gasteiger partial charge in [-0.05, 0) is 86.3 Å². The minimum Gasteiger partial charge on any atom is -0.495 e. The lowest BCUT2D eigenvalue weighted by molar-refractivity contribution is -0.133. The molecule has 0 unspecified atom stereocenters. The van der Waals surface area contributed by atoms with E-state index in [9.17, 15) is 22.8 Å². The number of hydrogen-bond acceptors (Lipinski definition) is 8. The van der Waals surface area contributed by atoms with Gasteiger partial charge in [-0.2, -0.15) is 0 Å². The molecular formula is C31H34ClFN4O7S. The molecule has 0 aliphatic carbocycles. The Bertz CT molecular complexity index is 1730. The number of nitrogens with zero attached hydrogens (tertiary/aromatic N) is 1. The number of sulfone groups is 1. The van der Waals surface area contributed by atoms with Crippen LogP contribution in [-0.4, -0.2) is 57.2 Å². The third-order valence-electron chi connectivity index (χ3n) is 7.57.